The van der Waals surface area contributed by atoms with Gasteiger partial charge in [0.2, 0.25) is 12.7 Å². The minimum absolute atomic E-state index is 0.113. The molecule has 12 heteroatoms. The van der Waals surface area contributed by atoms with Crippen LogP contribution in [0.1, 0.15) is 20.3 Å². The average molecular weight is 495 g/mol. The molecule has 0 aliphatic carbocycles. The van der Waals surface area contributed by atoms with E-state index in [1.54, 1.807) is 5.48 Å². The second kappa shape index (κ2) is 7.93. The zero-order valence-corrected chi connectivity index (χ0v) is 18.6. The Kier molecular flexibility index (Phi) is 5.47. The van der Waals surface area contributed by atoms with E-state index in [1.165, 1.54) is 18.1 Å². The van der Waals surface area contributed by atoms with E-state index in [-0.39, 0.29) is 19.0 Å². The second-order valence-electron chi connectivity index (χ2n) is 7.53. The lowest BCUT2D eigenvalue weighted by Crippen LogP contribution is -2.29. The minimum Gasteiger partial charge on any atom is -0.454 e. The highest BCUT2D eigenvalue weighted by Crippen LogP contribution is 2.43. The molecule has 0 radical (unpaired) electrons. The summed E-state index contributed by atoms with van der Waals surface area (Å²) in [5.74, 6) is 1.14. The summed E-state index contributed by atoms with van der Waals surface area (Å²) in [4.78, 5) is 25.6. The number of carbonyl (C=O) groups is 1. The topological polar surface area (TPSA) is 137 Å². The van der Waals surface area contributed by atoms with Crippen LogP contribution in [-0.4, -0.2) is 37.4 Å². The fourth-order valence-corrected chi connectivity index (χ4v) is 4.67. The summed E-state index contributed by atoms with van der Waals surface area (Å²) in [6.45, 7) is 4.44. The van der Waals surface area contributed by atoms with E-state index in [0.717, 1.165) is 9.37 Å². The second-order valence-corrected chi connectivity index (χ2v) is 9.39. The maximum absolute atomic E-state index is 11.7. The van der Waals surface area contributed by atoms with Crippen molar-refractivity contribution >= 4 is 50.6 Å². The number of aromatic nitrogens is 4. The van der Waals surface area contributed by atoms with Gasteiger partial charge in [0.1, 0.15) is 6.33 Å². The van der Waals surface area contributed by atoms with E-state index in [4.69, 9.17) is 20.4 Å². The van der Waals surface area contributed by atoms with Gasteiger partial charge in [-0.25, -0.2) is 20.4 Å². The molecular weight excluding hydrogens is 476 g/mol. The van der Waals surface area contributed by atoms with E-state index in [0.29, 0.717) is 34.4 Å². The lowest BCUT2D eigenvalue weighted by atomic mass is 9.89. The molecule has 0 atom stereocenters. The van der Waals surface area contributed by atoms with Crippen molar-refractivity contribution in [3.05, 3.63) is 22.9 Å². The van der Waals surface area contributed by atoms with Crippen molar-refractivity contribution in [2.24, 2.45) is 5.41 Å². The number of nitrogens with zero attached hydrogens (tertiary/aromatic N) is 4. The van der Waals surface area contributed by atoms with Crippen LogP contribution in [0, 0.1) is 5.41 Å². The maximum Gasteiger partial charge on any atom is 0.243 e. The van der Waals surface area contributed by atoms with Crippen LogP contribution in [-0.2, 0) is 11.3 Å². The lowest BCUT2D eigenvalue weighted by Gasteiger charge is -2.25. The highest BCUT2D eigenvalue weighted by atomic mass is 79.9. The molecule has 1 aliphatic heterocycles. The van der Waals surface area contributed by atoms with Gasteiger partial charge in [-0.2, -0.15) is 0 Å². The Hall–Kier alpha value is -2.57. The van der Waals surface area contributed by atoms with Gasteiger partial charge in [-0.1, -0.05) is 25.6 Å². The monoisotopic (exact) mass is 494 g/mol. The Morgan fingerprint density at radius 3 is 2.83 bits per heavy atom. The molecule has 3 aromatic rings. The lowest BCUT2D eigenvalue weighted by molar-refractivity contribution is -0.131. The molecule has 0 fully saturated rings. The number of ether oxygens (including phenoxy) is 2. The van der Waals surface area contributed by atoms with Gasteiger partial charge >= 0.3 is 0 Å². The van der Waals surface area contributed by atoms with Crippen LogP contribution in [0.25, 0.3) is 11.2 Å². The number of carbonyl (C=O) groups excluding carboxylic acids is 1. The first-order chi connectivity index (χ1) is 14.3. The molecule has 1 aliphatic rings. The number of halogens is 1. The summed E-state index contributed by atoms with van der Waals surface area (Å²) >= 11 is 4.97. The van der Waals surface area contributed by atoms with Crippen molar-refractivity contribution in [2.45, 2.75) is 36.9 Å². The van der Waals surface area contributed by atoms with Gasteiger partial charge in [0.05, 0.1) is 0 Å². The summed E-state index contributed by atoms with van der Waals surface area (Å²) in [5, 5.41) is 9.54. The largest absolute Gasteiger partial charge is 0.454 e. The van der Waals surface area contributed by atoms with Crippen molar-refractivity contribution in [2.75, 3.05) is 12.5 Å². The van der Waals surface area contributed by atoms with Gasteiger partial charge in [0.25, 0.3) is 0 Å². The number of fused-ring (bicyclic) bond motifs is 2. The molecule has 2 aromatic heterocycles. The first-order valence-corrected chi connectivity index (χ1v) is 10.5. The Balaban J connectivity index is 1.75. The van der Waals surface area contributed by atoms with Gasteiger partial charge in [-0.05, 0) is 33.5 Å². The number of benzene rings is 1. The molecular formula is C18H19BrN6O4S. The minimum atomic E-state index is -0.498. The third kappa shape index (κ3) is 4.02. The molecule has 0 saturated heterocycles. The number of amides is 1. The highest BCUT2D eigenvalue weighted by Gasteiger charge is 2.27. The van der Waals surface area contributed by atoms with Crippen molar-refractivity contribution in [3.63, 3.8) is 0 Å². The van der Waals surface area contributed by atoms with Gasteiger partial charge < -0.3 is 19.8 Å². The number of hydroxylamine groups is 1. The van der Waals surface area contributed by atoms with Gasteiger partial charge in [-0.3, -0.25) is 10.0 Å². The van der Waals surface area contributed by atoms with Crippen LogP contribution < -0.4 is 20.7 Å². The fourth-order valence-electron chi connectivity index (χ4n) is 3.19. The van der Waals surface area contributed by atoms with Crippen LogP contribution >= 0.6 is 27.7 Å². The van der Waals surface area contributed by atoms with Gasteiger partial charge in [0, 0.05) is 22.3 Å². The predicted molar refractivity (Wildman–Crippen MR) is 112 cm³/mol. The number of rotatable bonds is 6. The first kappa shape index (κ1) is 20.7. The summed E-state index contributed by atoms with van der Waals surface area (Å²) in [7, 11) is 0. The molecule has 1 aromatic carbocycles. The Labute approximate surface area is 184 Å². The number of nitrogens with one attached hydrogen (secondary N) is 1. The zero-order valence-electron chi connectivity index (χ0n) is 16.2. The number of nitrogens with two attached hydrogens (primary N) is 1. The first-order valence-electron chi connectivity index (χ1n) is 8.94. The number of imidazole rings is 1. The SMILES string of the molecule is CC(C)(CC(=O)NO)Cn1c(Sc2cc3c(cc2Br)OCO3)nc2c(N)ncnc21. The van der Waals surface area contributed by atoms with E-state index in [9.17, 15) is 4.79 Å². The molecule has 0 unspecified atom stereocenters. The standard InChI is InChI=1S/C18H19BrN6O4S/c1-18(2,5-13(26)24-27)6-25-16-14(15(20)21-7-22-16)23-17(25)30-12-4-11-10(3-9(12)19)28-8-29-11/h3-4,7,27H,5-6,8H2,1-2H3,(H,24,26)(H2,20,21,22). The summed E-state index contributed by atoms with van der Waals surface area (Å²) in [5.41, 5.74) is 8.26. The molecule has 30 heavy (non-hydrogen) atoms. The molecule has 0 spiro atoms. The summed E-state index contributed by atoms with van der Waals surface area (Å²) in [6, 6.07) is 3.72. The van der Waals surface area contributed by atoms with Crippen LogP contribution in [0.15, 0.2) is 33.0 Å². The smallest absolute Gasteiger partial charge is 0.243 e. The molecule has 0 saturated carbocycles. The van der Waals surface area contributed by atoms with E-state index in [1.807, 2.05) is 30.5 Å². The molecule has 158 valence electrons. The Morgan fingerprint density at radius 2 is 2.10 bits per heavy atom. The summed E-state index contributed by atoms with van der Waals surface area (Å²) in [6.07, 6.45) is 1.50. The zero-order chi connectivity index (χ0) is 21.5. The molecule has 0 bridgehead atoms. The van der Waals surface area contributed by atoms with Gasteiger partial charge in [0.15, 0.2) is 33.6 Å². The molecule has 3 heterocycles. The number of anilines is 1. The van der Waals surface area contributed by atoms with Crippen molar-refractivity contribution < 1.29 is 19.5 Å². The predicted octanol–water partition coefficient (Wildman–Crippen LogP) is 2.97. The number of hydrogen-bond donors (Lipinski definition) is 3. The van der Waals surface area contributed by atoms with Crippen LogP contribution in [0.4, 0.5) is 5.82 Å². The van der Waals surface area contributed by atoms with Crippen molar-refractivity contribution in [1.29, 1.82) is 0 Å². The third-order valence-electron chi connectivity index (χ3n) is 4.50. The normalized spacial score (nSPS) is 13.1. The van der Waals surface area contributed by atoms with E-state index in [2.05, 4.69) is 30.9 Å². The Morgan fingerprint density at radius 1 is 1.37 bits per heavy atom. The third-order valence-corrected chi connectivity index (χ3v) is 6.47. The molecule has 1 amide bonds. The highest BCUT2D eigenvalue weighted by molar-refractivity contribution is 9.10. The maximum atomic E-state index is 11.7. The number of hydrogen-bond acceptors (Lipinski definition) is 9. The van der Waals surface area contributed by atoms with Gasteiger partial charge in [-0.15, -0.1) is 0 Å². The Bertz CT molecular complexity index is 1140. The average Bonchev–Trinajstić information content (AvgIpc) is 3.27. The van der Waals surface area contributed by atoms with Crippen LogP contribution in [0.5, 0.6) is 11.5 Å². The quantitative estimate of drug-likeness (QED) is 0.348. The van der Waals surface area contributed by atoms with Crippen molar-refractivity contribution in [1.82, 2.24) is 25.0 Å². The summed E-state index contributed by atoms with van der Waals surface area (Å²) < 4.78 is 13.6. The van der Waals surface area contributed by atoms with E-state index >= 15 is 0 Å². The van der Waals surface area contributed by atoms with Crippen LogP contribution in [0.3, 0.4) is 0 Å². The number of nitrogen functional groups attached to an aromatic ring is 1. The molecule has 4 rings (SSSR count). The molecule has 10 nitrogen and oxygen atoms in total. The van der Waals surface area contributed by atoms with E-state index < -0.39 is 11.3 Å². The fraction of sp³-hybridized carbons (Fsp3) is 0.333. The van der Waals surface area contributed by atoms with Crippen LogP contribution in [0.2, 0.25) is 0 Å². The van der Waals surface area contributed by atoms with Crippen molar-refractivity contribution in [3.8, 4) is 11.5 Å². The molecule has 4 N–H and O–H groups in total.